The van der Waals surface area contributed by atoms with Crippen molar-refractivity contribution in [2.24, 2.45) is 0 Å². The molecule has 112 valence electrons. The van der Waals surface area contributed by atoms with Gasteiger partial charge < -0.3 is 0 Å². The van der Waals surface area contributed by atoms with Crippen LogP contribution < -0.4 is 0 Å². The molecule has 0 saturated carbocycles. The molecule has 0 radical (unpaired) electrons. The molecule has 19 heavy (non-hydrogen) atoms. The zero-order valence-electron chi connectivity index (χ0n) is 13.3. The molecular weight excluding hydrogens is 232 g/mol. The van der Waals surface area contributed by atoms with E-state index in [1.807, 2.05) is 0 Å². The summed E-state index contributed by atoms with van der Waals surface area (Å²) in [6.07, 6.45) is 14.0. The number of piperidine rings is 2. The minimum absolute atomic E-state index is 0.407. The van der Waals surface area contributed by atoms with E-state index in [2.05, 4.69) is 23.6 Å². The van der Waals surface area contributed by atoms with E-state index in [1.54, 1.807) is 0 Å². The Hall–Kier alpha value is -0.0800. The molecular formula is C17H34N2. The third-order valence-corrected chi connectivity index (χ3v) is 5.19. The normalized spacial score (nSPS) is 23.7. The van der Waals surface area contributed by atoms with Gasteiger partial charge in [-0.1, -0.05) is 39.5 Å². The van der Waals surface area contributed by atoms with E-state index in [1.165, 1.54) is 90.4 Å². The second-order valence-corrected chi connectivity index (χ2v) is 6.58. The standard InChI is InChI=1S/C17H34N2/c1-3-11-17(12-4-2,18-13-7-5-8-14-18)19-15-9-6-10-16-19/h3-16H2,1-2H3. The Morgan fingerprint density at radius 3 is 1.32 bits per heavy atom. The van der Waals surface area contributed by atoms with Crippen molar-refractivity contribution in [2.45, 2.75) is 83.7 Å². The summed E-state index contributed by atoms with van der Waals surface area (Å²) in [5, 5.41) is 0. The number of likely N-dealkylation sites (tertiary alicyclic amines) is 2. The Morgan fingerprint density at radius 2 is 1.00 bits per heavy atom. The van der Waals surface area contributed by atoms with Gasteiger partial charge in [0, 0.05) is 0 Å². The number of nitrogens with zero attached hydrogens (tertiary/aromatic N) is 2. The monoisotopic (exact) mass is 266 g/mol. The van der Waals surface area contributed by atoms with Crippen LogP contribution in [0.15, 0.2) is 0 Å². The minimum atomic E-state index is 0.407. The molecule has 0 aromatic rings. The lowest BCUT2D eigenvalue weighted by atomic mass is 9.90. The smallest absolute Gasteiger partial charge is 0.0737 e. The molecule has 0 spiro atoms. The maximum Gasteiger partial charge on any atom is 0.0737 e. The lowest BCUT2D eigenvalue weighted by Crippen LogP contribution is -2.62. The highest BCUT2D eigenvalue weighted by molar-refractivity contribution is 4.92. The van der Waals surface area contributed by atoms with Gasteiger partial charge in [-0.25, -0.2) is 0 Å². The average molecular weight is 266 g/mol. The maximum atomic E-state index is 2.87. The quantitative estimate of drug-likeness (QED) is 0.709. The molecule has 0 bridgehead atoms. The maximum absolute atomic E-state index is 2.87. The molecule has 2 nitrogen and oxygen atoms in total. The van der Waals surface area contributed by atoms with Gasteiger partial charge in [0.1, 0.15) is 0 Å². The van der Waals surface area contributed by atoms with Crippen molar-refractivity contribution in [1.82, 2.24) is 9.80 Å². The van der Waals surface area contributed by atoms with E-state index in [0.717, 1.165) is 0 Å². The van der Waals surface area contributed by atoms with Gasteiger partial charge in [-0.2, -0.15) is 0 Å². The molecule has 0 N–H and O–H groups in total. The van der Waals surface area contributed by atoms with Gasteiger partial charge in [0.15, 0.2) is 0 Å². The van der Waals surface area contributed by atoms with Crippen LogP contribution in [0.1, 0.15) is 78.1 Å². The highest BCUT2D eigenvalue weighted by Gasteiger charge is 2.41. The Morgan fingerprint density at radius 1 is 0.632 bits per heavy atom. The molecule has 2 heteroatoms. The summed E-state index contributed by atoms with van der Waals surface area (Å²) >= 11 is 0. The zero-order chi connectivity index (χ0) is 13.6. The van der Waals surface area contributed by atoms with E-state index >= 15 is 0 Å². The van der Waals surface area contributed by atoms with Gasteiger partial charge >= 0.3 is 0 Å². The highest BCUT2D eigenvalue weighted by Crippen LogP contribution is 2.35. The molecule has 2 aliphatic heterocycles. The van der Waals surface area contributed by atoms with Crippen molar-refractivity contribution in [2.75, 3.05) is 26.2 Å². The van der Waals surface area contributed by atoms with Crippen molar-refractivity contribution in [3.63, 3.8) is 0 Å². The van der Waals surface area contributed by atoms with Crippen LogP contribution in [0.2, 0.25) is 0 Å². The summed E-state index contributed by atoms with van der Waals surface area (Å²) in [6, 6.07) is 0. The van der Waals surface area contributed by atoms with Gasteiger partial charge in [-0.05, 0) is 64.7 Å². The summed E-state index contributed by atoms with van der Waals surface area (Å²) in [4.78, 5) is 5.74. The van der Waals surface area contributed by atoms with Crippen LogP contribution >= 0.6 is 0 Å². The summed E-state index contributed by atoms with van der Waals surface area (Å²) in [7, 11) is 0. The van der Waals surface area contributed by atoms with Crippen LogP contribution in [0.4, 0.5) is 0 Å². The van der Waals surface area contributed by atoms with Crippen LogP contribution in [0.3, 0.4) is 0 Å². The third-order valence-electron chi connectivity index (χ3n) is 5.19. The lowest BCUT2D eigenvalue weighted by Gasteiger charge is -2.54. The van der Waals surface area contributed by atoms with Crippen molar-refractivity contribution in [1.29, 1.82) is 0 Å². The molecule has 2 saturated heterocycles. The summed E-state index contributed by atoms with van der Waals surface area (Å²) in [5.41, 5.74) is 0.407. The molecule has 2 heterocycles. The van der Waals surface area contributed by atoms with Gasteiger partial charge in [0.2, 0.25) is 0 Å². The fourth-order valence-corrected chi connectivity index (χ4v) is 4.38. The van der Waals surface area contributed by atoms with E-state index in [-0.39, 0.29) is 0 Å². The Balaban J connectivity index is 2.16. The van der Waals surface area contributed by atoms with Crippen molar-refractivity contribution >= 4 is 0 Å². The van der Waals surface area contributed by atoms with Gasteiger partial charge in [-0.3, -0.25) is 9.80 Å². The van der Waals surface area contributed by atoms with E-state index in [9.17, 15) is 0 Å². The molecule has 0 atom stereocenters. The Kier molecular flexibility index (Phi) is 6.15. The zero-order valence-corrected chi connectivity index (χ0v) is 13.3. The van der Waals surface area contributed by atoms with Crippen molar-refractivity contribution in [3.05, 3.63) is 0 Å². The Bertz CT molecular complexity index is 214. The first-order chi connectivity index (χ1) is 9.33. The van der Waals surface area contributed by atoms with Crippen LogP contribution in [-0.2, 0) is 0 Å². The first-order valence-electron chi connectivity index (χ1n) is 8.83. The van der Waals surface area contributed by atoms with Crippen molar-refractivity contribution in [3.8, 4) is 0 Å². The van der Waals surface area contributed by atoms with Crippen LogP contribution in [0.25, 0.3) is 0 Å². The molecule has 0 aliphatic carbocycles. The second-order valence-electron chi connectivity index (χ2n) is 6.58. The minimum Gasteiger partial charge on any atom is -0.285 e. The van der Waals surface area contributed by atoms with Gasteiger partial charge in [-0.15, -0.1) is 0 Å². The first-order valence-corrected chi connectivity index (χ1v) is 8.83. The molecule has 0 amide bonds. The molecule has 0 aromatic heterocycles. The van der Waals surface area contributed by atoms with Gasteiger partial charge in [0.25, 0.3) is 0 Å². The second kappa shape index (κ2) is 7.64. The molecule has 2 rings (SSSR count). The third kappa shape index (κ3) is 3.52. The Labute approximate surface area is 120 Å². The summed E-state index contributed by atoms with van der Waals surface area (Å²) in [5.74, 6) is 0. The molecule has 0 unspecified atom stereocenters. The van der Waals surface area contributed by atoms with Crippen LogP contribution in [0.5, 0.6) is 0 Å². The van der Waals surface area contributed by atoms with Crippen molar-refractivity contribution < 1.29 is 0 Å². The molecule has 0 aromatic carbocycles. The number of rotatable bonds is 6. The highest BCUT2D eigenvalue weighted by atomic mass is 15.4. The lowest BCUT2D eigenvalue weighted by molar-refractivity contribution is -0.0898. The van der Waals surface area contributed by atoms with E-state index < -0.39 is 0 Å². The topological polar surface area (TPSA) is 6.48 Å². The van der Waals surface area contributed by atoms with Gasteiger partial charge in [0.05, 0.1) is 5.66 Å². The molecule has 2 aliphatic rings. The predicted octanol–water partition coefficient (Wildman–Crippen LogP) is 4.25. The first kappa shape index (κ1) is 15.3. The largest absolute Gasteiger partial charge is 0.285 e. The number of hydrogen-bond acceptors (Lipinski definition) is 2. The fourth-order valence-electron chi connectivity index (χ4n) is 4.38. The van der Waals surface area contributed by atoms with E-state index in [0.29, 0.717) is 5.66 Å². The predicted molar refractivity (Wildman–Crippen MR) is 83.4 cm³/mol. The van der Waals surface area contributed by atoms with E-state index in [4.69, 9.17) is 0 Å². The average Bonchev–Trinajstić information content (AvgIpc) is 2.49. The SMILES string of the molecule is CCCC(CCC)(N1CCCCC1)N1CCCCC1. The van der Waals surface area contributed by atoms with Crippen LogP contribution in [-0.4, -0.2) is 41.6 Å². The molecule has 2 fully saturated rings. The fraction of sp³-hybridized carbons (Fsp3) is 1.00. The number of hydrogen-bond donors (Lipinski definition) is 0. The summed E-state index contributed by atoms with van der Waals surface area (Å²) in [6.45, 7) is 10.1. The van der Waals surface area contributed by atoms with Crippen LogP contribution in [0, 0.1) is 0 Å². The summed E-state index contributed by atoms with van der Waals surface area (Å²) < 4.78 is 0.